The third kappa shape index (κ3) is 6.66. The van der Waals surface area contributed by atoms with Gasteiger partial charge in [-0.1, -0.05) is 51.1 Å². The Labute approximate surface area is 175 Å². The van der Waals surface area contributed by atoms with Crippen LogP contribution in [0.3, 0.4) is 0 Å². The highest BCUT2D eigenvalue weighted by Crippen LogP contribution is 2.39. The SMILES string of the molecule is CC(=O)N(C[C@H]1OCCC[C@@H]1O[Si](C)(C)C(C)(C)C)C(=O)OCc1ccccc1. The van der Waals surface area contributed by atoms with Gasteiger partial charge in [0, 0.05) is 13.5 Å². The van der Waals surface area contributed by atoms with Crippen LogP contribution in [0.1, 0.15) is 46.1 Å². The number of hydrogen-bond acceptors (Lipinski definition) is 5. The lowest BCUT2D eigenvalue weighted by Gasteiger charge is -2.43. The summed E-state index contributed by atoms with van der Waals surface area (Å²) in [5.74, 6) is -0.358. The summed E-state index contributed by atoms with van der Waals surface area (Å²) < 4.78 is 17.9. The van der Waals surface area contributed by atoms with Crippen molar-refractivity contribution in [3.05, 3.63) is 35.9 Å². The van der Waals surface area contributed by atoms with E-state index in [0.717, 1.165) is 23.3 Å². The van der Waals surface area contributed by atoms with Crippen molar-refractivity contribution in [2.75, 3.05) is 13.2 Å². The number of carbonyl (C=O) groups excluding carboxylic acids is 2. The molecule has 0 bridgehead atoms. The van der Waals surface area contributed by atoms with Crippen molar-refractivity contribution in [3.63, 3.8) is 0 Å². The summed E-state index contributed by atoms with van der Waals surface area (Å²) in [4.78, 5) is 25.9. The van der Waals surface area contributed by atoms with Crippen LogP contribution in [0.5, 0.6) is 0 Å². The molecule has 0 aromatic heterocycles. The van der Waals surface area contributed by atoms with Gasteiger partial charge in [-0.15, -0.1) is 0 Å². The maximum absolute atomic E-state index is 12.6. The highest BCUT2D eigenvalue weighted by Gasteiger charge is 2.42. The highest BCUT2D eigenvalue weighted by molar-refractivity contribution is 6.74. The number of hydrogen-bond donors (Lipinski definition) is 0. The lowest BCUT2D eigenvalue weighted by molar-refractivity contribution is -0.132. The molecule has 1 aromatic carbocycles. The number of benzene rings is 1. The monoisotopic (exact) mass is 421 g/mol. The van der Waals surface area contributed by atoms with Gasteiger partial charge in [-0.3, -0.25) is 4.79 Å². The molecule has 29 heavy (non-hydrogen) atoms. The Morgan fingerprint density at radius 2 is 1.86 bits per heavy atom. The zero-order valence-corrected chi connectivity index (χ0v) is 19.6. The van der Waals surface area contributed by atoms with E-state index < -0.39 is 14.4 Å². The fraction of sp³-hybridized carbons (Fsp3) is 0.636. The fourth-order valence-corrected chi connectivity index (χ4v) is 4.36. The van der Waals surface area contributed by atoms with Crippen molar-refractivity contribution >= 4 is 20.3 Å². The van der Waals surface area contributed by atoms with E-state index in [2.05, 4.69) is 33.9 Å². The molecule has 2 rings (SSSR count). The molecule has 0 spiro atoms. The third-order valence-electron chi connectivity index (χ3n) is 5.80. The van der Waals surface area contributed by atoms with Gasteiger partial charge < -0.3 is 13.9 Å². The minimum atomic E-state index is -2.00. The van der Waals surface area contributed by atoms with Crippen molar-refractivity contribution in [1.29, 1.82) is 0 Å². The molecule has 0 unspecified atom stereocenters. The number of nitrogens with zero attached hydrogens (tertiary/aromatic N) is 1. The van der Waals surface area contributed by atoms with Gasteiger partial charge in [0.1, 0.15) is 12.7 Å². The molecule has 0 aliphatic carbocycles. The molecular formula is C22H35NO5Si. The lowest BCUT2D eigenvalue weighted by Crippen LogP contribution is -2.53. The van der Waals surface area contributed by atoms with Crippen molar-refractivity contribution in [2.45, 2.75) is 77.5 Å². The third-order valence-corrected chi connectivity index (χ3v) is 10.3. The Balaban J connectivity index is 2.04. The van der Waals surface area contributed by atoms with Crippen LogP contribution in [0.2, 0.25) is 18.1 Å². The van der Waals surface area contributed by atoms with Crippen LogP contribution in [0.4, 0.5) is 4.79 Å². The topological polar surface area (TPSA) is 65.1 Å². The van der Waals surface area contributed by atoms with Gasteiger partial charge in [0.05, 0.1) is 12.6 Å². The summed E-state index contributed by atoms with van der Waals surface area (Å²) in [5.41, 5.74) is 0.873. The molecule has 162 valence electrons. The Bertz CT molecular complexity index is 686. The van der Waals surface area contributed by atoms with Gasteiger partial charge >= 0.3 is 6.09 Å². The molecule has 1 heterocycles. The largest absolute Gasteiger partial charge is 0.444 e. The van der Waals surface area contributed by atoms with E-state index >= 15 is 0 Å². The van der Waals surface area contributed by atoms with E-state index in [1.165, 1.54) is 6.92 Å². The Morgan fingerprint density at radius 3 is 2.45 bits per heavy atom. The maximum Gasteiger partial charge on any atom is 0.416 e. The molecule has 0 saturated carbocycles. The van der Waals surface area contributed by atoms with Gasteiger partial charge in [-0.05, 0) is 36.5 Å². The highest BCUT2D eigenvalue weighted by atomic mass is 28.4. The number of rotatable bonds is 6. The van der Waals surface area contributed by atoms with Gasteiger partial charge in [-0.2, -0.15) is 0 Å². The second-order valence-electron chi connectivity index (χ2n) is 9.14. The van der Waals surface area contributed by atoms with E-state index in [9.17, 15) is 9.59 Å². The normalized spacial score (nSPS) is 20.2. The first-order valence-corrected chi connectivity index (χ1v) is 13.2. The van der Waals surface area contributed by atoms with Gasteiger partial charge in [0.15, 0.2) is 8.32 Å². The zero-order chi connectivity index (χ0) is 21.7. The molecule has 2 amide bonds. The molecular weight excluding hydrogens is 386 g/mol. The summed E-state index contributed by atoms with van der Waals surface area (Å²) >= 11 is 0. The average Bonchev–Trinajstić information content (AvgIpc) is 2.64. The average molecular weight is 422 g/mol. The minimum Gasteiger partial charge on any atom is -0.444 e. The summed E-state index contributed by atoms with van der Waals surface area (Å²) in [6.45, 7) is 13.2. The standard InChI is InChI=1S/C22H35NO5Si/c1-17(24)23(21(25)27-16-18-11-8-7-9-12-18)15-20-19(13-10-14-26-20)28-29(5,6)22(2,3)4/h7-9,11-12,19-20H,10,13-16H2,1-6H3/t19-,20+/m0/s1. The predicted molar refractivity (Wildman–Crippen MR) is 115 cm³/mol. The van der Waals surface area contributed by atoms with Crippen molar-refractivity contribution < 1.29 is 23.5 Å². The van der Waals surface area contributed by atoms with Crippen LogP contribution < -0.4 is 0 Å². The van der Waals surface area contributed by atoms with E-state index in [1.54, 1.807) is 0 Å². The predicted octanol–water partition coefficient (Wildman–Crippen LogP) is 4.74. The van der Waals surface area contributed by atoms with E-state index in [0.29, 0.717) is 6.61 Å². The van der Waals surface area contributed by atoms with Gasteiger partial charge in [0.25, 0.3) is 0 Å². The molecule has 1 aliphatic rings. The second kappa shape index (κ2) is 9.87. The number of carbonyl (C=O) groups is 2. The Morgan fingerprint density at radius 1 is 1.21 bits per heavy atom. The van der Waals surface area contributed by atoms with Gasteiger partial charge in [-0.25, -0.2) is 9.69 Å². The van der Waals surface area contributed by atoms with Crippen molar-refractivity contribution in [3.8, 4) is 0 Å². The number of amides is 2. The van der Waals surface area contributed by atoms with Crippen molar-refractivity contribution in [1.82, 2.24) is 4.90 Å². The maximum atomic E-state index is 12.6. The zero-order valence-electron chi connectivity index (χ0n) is 18.6. The van der Waals surface area contributed by atoms with Crippen LogP contribution in [-0.2, 0) is 25.3 Å². The fourth-order valence-electron chi connectivity index (χ4n) is 2.98. The Kier molecular flexibility index (Phi) is 8.02. The molecule has 1 saturated heterocycles. The van der Waals surface area contributed by atoms with Gasteiger partial charge in [0.2, 0.25) is 5.91 Å². The van der Waals surface area contributed by atoms with E-state index in [4.69, 9.17) is 13.9 Å². The van der Waals surface area contributed by atoms with Crippen LogP contribution in [0.25, 0.3) is 0 Å². The summed E-state index contributed by atoms with van der Waals surface area (Å²) in [5, 5.41) is 0.0733. The molecule has 6 nitrogen and oxygen atoms in total. The van der Waals surface area contributed by atoms with E-state index in [1.807, 2.05) is 30.3 Å². The van der Waals surface area contributed by atoms with Crippen molar-refractivity contribution in [2.24, 2.45) is 0 Å². The van der Waals surface area contributed by atoms with Crippen LogP contribution in [0.15, 0.2) is 30.3 Å². The summed E-state index contributed by atoms with van der Waals surface area (Å²) in [6, 6.07) is 9.41. The van der Waals surface area contributed by atoms with Crippen LogP contribution in [0, 0.1) is 0 Å². The molecule has 0 radical (unpaired) electrons. The molecule has 1 aliphatic heterocycles. The summed E-state index contributed by atoms with van der Waals surface area (Å²) in [7, 11) is -2.00. The molecule has 2 atom stereocenters. The molecule has 1 fully saturated rings. The lowest BCUT2D eigenvalue weighted by atomic mass is 10.1. The first-order chi connectivity index (χ1) is 13.5. The van der Waals surface area contributed by atoms with Crippen LogP contribution in [-0.4, -0.2) is 50.6 Å². The molecule has 0 N–H and O–H groups in total. The smallest absolute Gasteiger partial charge is 0.416 e. The summed E-state index contributed by atoms with van der Waals surface area (Å²) in [6.07, 6.45) is 0.650. The second-order valence-corrected chi connectivity index (χ2v) is 13.9. The Hall–Kier alpha value is -1.70. The first-order valence-electron chi connectivity index (χ1n) is 10.3. The first kappa shape index (κ1) is 23.6. The van der Waals surface area contributed by atoms with Crippen LogP contribution >= 0.6 is 0 Å². The molecule has 7 heteroatoms. The number of imide groups is 1. The number of ether oxygens (including phenoxy) is 2. The minimum absolute atomic E-state index is 0.0733. The van der Waals surface area contributed by atoms with E-state index in [-0.39, 0.29) is 36.3 Å². The quantitative estimate of drug-likeness (QED) is 0.621. The molecule has 1 aromatic rings.